The van der Waals surface area contributed by atoms with E-state index in [0.717, 1.165) is 13.0 Å². The summed E-state index contributed by atoms with van der Waals surface area (Å²) in [4.78, 5) is 13.9. The van der Waals surface area contributed by atoms with Crippen LogP contribution in [0.3, 0.4) is 0 Å². The number of hydrogen-bond donors (Lipinski definition) is 1. The first-order chi connectivity index (χ1) is 9.42. The van der Waals surface area contributed by atoms with Crippen molar-refractivity contribution in [3.05, 3.63) is 28.8 Å². The van der Waals surface area contributed by atoms with E-state index >= 15 is 0 Å². The molecular formula is C15H20ClN3O. The number of nitrogens with zero attached hydrogens (tertiary/aromatic N) is 2. The predicted octanol–water partition coefficient (Wildman–Crippen LogP) is 3.13. The van der Waals surface area contributed by atoms with E-state index in [-0.39, 0.29) is 5.91 Å². The molecule has 0 aliphatic rings. The molecule has 0 aliphatic heterocycles. The Bertz CT molecular complexity index is 508. The highest BCUT2D eigenvalue weighted by molar-refractivity contribution is 6.31. The second-order valence-electron chi connectivity index (χ2n) is 5.27. The standard InChI is InChI=1S/C15H20ClN3O/c1-11(2)6-7-19(3)10-15(20)18-14-8-13(16)5-4-12(14)9-17/h4-5,8,11H,6-7,10H2,1-3H3,(H,18,20). The molecule has 0 heterocycles. The topological polar surface area (TPSA) is 56.1 Å². The van der Waals surface area contributed by atoms with Crippen LogP contribution in [0.15, 0.2) is 18.2 Å². The summed E-state index contributed by atoms with van der Waals surface area (Å²) in [7, 11) is 1.91. The van der Waals surface area contributed by atoms with Crippen LogP contribution in [0.1, 0.15) is 25.8 Å². The van der Waals surface area contributed by atoms with Crippen molar-refractivity contribution in [1.29, 1.82) is 5.26 Å². The molecule has 0 aromatic heterocycles. The van der Waals surface area contributed by atoms with Crippen LogP contribution < -0.4 is 5.32 Å². The van der Waals surface area contributed by atoms with Crippen molar-refractivity contribution < 1.29 is 4.79 Å². The normalized spacial score (nSPS) is 10.7. The fourth-order valence-electron chi connectivity index (χ4n) is 1.71. The molecular weight excluding hydrogens is 274 g/mol. The molecule has 1 aromatic carbocycles. The highest BCUT2D eigenvalue weighted by Gasteiger charge is 2.10. The van der Waals surface area contributed by atoms with E-state index in [0.29, 0.717) is 28.7 Å². The highest BCUT2D eigenvalue weighted by Crippen LogP contribution is 2.20. The second-order valence-corrected chi connectivity index (χ2v) is 5.71. The summed E-state index contributed by atoms with van der Waals surface area (Å²) in [6.45, 7) is 5.47. The number of halogens is 1. The smallest absolute Gasteiger partial charge is 0.238 e. The Labute approximate surface area is 125 Å². The molecule has 0 bridgehead atoms. The van der Waals surface area contributed by atoms with Gasteiger partial charge in [0.25, 0.3) is 0 Å². The fraction of sp³-hybridized carbons (Fsp3) is 0.467. The summed E-state index contributed by atoms with van der Waals surface area (Å²) < 4.78 is 0. The average Bonchev–Trinajstić information content (AvgIpc) is 2.36. The van der Waals surface area contributed by atoms with E-state index in [1.165, 1.54) is 0 Å². The van der Waals surface area contributed by atoms with Crippen LogP contribution in [-0.4, -0.2) is 30.9 Å². The van der Waals surface area contributed by atoms with Gasteiger partial charge < -0.3 is 5.32 Å². The van der Waals surface area contributed by atoms with Crippen molar-refractivity contribution in [2.45, 2.75) is 20.3 Å². The summed E-state index contributed by atoms with van der Waals surface area (Å²) in [6.07, 6.45) is 1.05. The van der Waals surface area contributed by atoms with Crippen molar-refractivity contribution in [2.75, 3.05) is 25.5 Å². The minimum absolute atomic E-state index is 0.143. The number of benzene rings is 1. The third-order valence-electron chi connectivity index (χ3n) is 2.88. The summed E-state index contributed by atoms with van der Waals surface area (Å²) in [5.41, 5.74) is 0.870. The Hall–Kier alpha value is -1.57. The van der Waals surface area contributed by atoms with E-state index in [1.807, 2.05) is 18.0 Å². The lowest BCUT2D eigenvalue weighted by Gasteiger charge is -2.17. The minimum atomic E-state index is -0.143. The van der Waals surface area contributed by atoms with Crippen LogP contribution >= 0.6 is 11.6 Å². The monoisotopic (exact) mass is 293 g/mol. The van der Waals surface area contributed by atoms with Crippen LogP contribution in [0.25, 0.3) is 0 Å². The van der Waals surface area contributed by atoms with Gasteiger partial charge in [0.05, 0.1) is 17.8 Å². The zero-order chi connectivity index (χ0) is 15.1. The van der Waals surface area contributed by atoms with Crippen molar-refractivity contribution in [2.24, 2.45) is 5.92 Å². The third kappa shape index (κ3) is 5.60. The molecule has 5 heteroatoms. The molecule has 0 spiro atoms. The van der Waals surface area contributed by atoms with Gasteiger partial charge in [-0.15, -0.1) is 0 Å². The number of amides is 1. The molecule has 0 aliphatic carbocycles. The zero-order valence-electron chi connectivity index (χ0n) is 12.1. The SMILES string of the molecule is CC(C)CCN(C)CC(=O)Nc1cc(Cl)ccc1C#N. The van der Waals surface area contributed by atoms with Crippen LogP contribution in [0, 0.1) is 17.2 Å². The number of nitriles is 1. The first kappa shape index (κ1) is 16.5. The van der Waals surface area contributed by atoms with Gasteiger partial charge in [-0.3, -0.25) is 9.69 Å². The van der Waals surface area contributed by atoms with Crippen LogP contribution in [0.5, 0.6) is 0 Å². The number of carbonyl (C=O) groups excluding carboxylic acids is 1. The summed E-state index contributed by atoms with van der Waals surface area (Å²) in [5, 5.41) is 12.2. The minimum Gasteiger partial charge on any atom is -0.324 e. The maximum Gasteiger partial charge on any atom is 0.238 e. The highest BCUT2D eigenvalue weighted by atomic mass is 35.5. The van der Waals surface area contributed by atoms with Crippen LogP contribution in [-0.2, 0) is 4.79 Å². The molecule has 0 saturated carbocycles. The van der Waals surface area contributed by atoms with Crippen LogP contribution in [0.4, 0.5) is 5.69 Å². The fourth-order valence-corrected chi connectivity index (χ4v) is 1.88. The molecule has 1 aromatic rings. The van der Waals surface area contributed by atoms with Crippen molar-refractivity contribution in [3.8, 4) is 6.07 Å². The molecule has 0 fully saturated rings. The lowest BCUT2D eigenvalue weighted by Crippen LogP contribution is -2.31. The molecule has 1 N–H and O–H groups in total. The first-order valence-electron chi connectivity index (χ1n) is 6.60. The Morgan fingerprint density at radius 1 is 1.50 bits per heavy atom. The first-order valence-corrected chi connectivity index (χ1v) is 6.98. The van der Waals surface area contributed by atoms with E-state index in [9.17, 15) is 4.79 Å². The number of anilines is 1. The molecule has 4 nitrogen and oxygen atoms in total. The van der Waals surface area contributed by atoms with Gasteiger partial charge in [-0.25, -0.2) is 0 Å². The quantitative estimate of drug-likeness (QED) is 0.876. The molecule has 0 atom stereocenters. The van der Waals surface area contributed by atoms with Crippen molar-refractivity contribution in [3.63, 3.8) is 0 Å². The van der Waals surface area contributed by atoms with Gasteiger partial charge in [0.15, 0.2) is 0 Å². The van der Waals surface area contributed by atoms with Gasteiger partial charge >= 0.3 is 0 Å². The lowest BCUT2D eigenvalue weighted by molar-refractivity contribution is -0.117. The summed E-state index contributed by atoms with van der Waals surface area (Å²) in [5.74, 6) is 0.466. The number of nitrogens with one attached hydrogen (secondary N) is 1. The zero-order valence-corrected chi connectivity index (χ0v) is 12.9. The second kappa shape index (κ2) is 7.88. The molecule has 0 radical (unpaired) electrons. The molecule has 20 heavy (non-hydrogen) atoms. The van der Waals surface area contributed by atoms with Crippen molar-refractivity contribution in [1.82, 2.24) is 4.90 Å². The van der Waals surface area contributed by atoms with Crippen molar-refractivity contribution >= 4 is 23.2 Å². The van der Waals surface area contributed by atoms with E-state index < -0.39 is 0 Å². The molecule has 108 valence electrons. The van der Waals surface area contributed by atoms with E-state index in [2.05, 4.69) is 19.2 Å². The van der Waals surface area contributed by atoms with Gasteiger partial charge in [-0.2, -0.15) is 5.26 Å². The molecule has 0 saturated heterocycles. The third-order valence-corrected chi connectivity index (χ3v) is 3.11. The molecule has 0 unspecified atom stereocenters. The number of rotatable bonds is 6. The number of carbonyl (C=O) groups is 1. The van der Waals surface area contributed by atoms with Gasteiger partial charge in [-0.05, 0) is 44.1 Å². The van der Waals surface area contributed by atoms with Crippen LogP contribution in [0.2, 0.25) is 5.02 Å². The molecule has 1 amide bonds. The van der Waals surface area contributed by atoms with E-state index in [1.54, 1.807) is 18.2 Å². The summed E-state index contributed by atoms with van der Waals surface area (Å²) >= 11 is 5.88. The summed E-state index contributed by atoms with van der Waals surface area (Å²) in [6, 6.07) is 6.85. The molecule has 1 rings (SSSR count). The van der Waals surface area contributed by atoms with Gasteiger partial charge in [0.2, 0.25) is 5.91 Å². The average molecular weight is 294 g/mol. The number of likely N-dealkylation sites (N-methyl/N-ethyl adjacent to an activating group) is 1. The van der Waals surface area contributed by atoms with Gasteiger partial charge in [0.1, 0.15) is 6.07 Å². The van der Waals surface area contributed by atoms with E-state index in [4.69, 9.17) is 16.9 Å². The Morgan fingerprint density at radius 3 is 2.80 bits per heavy atom. The Balaban J connectivity index is 2.58. The predicted molar refractivity (Wildman–Crippen MR) is 81.7 cm³/mol. The maximum atomic E-state index is 11.9. The lowest BCUT2D eigenvalue weighted by atomic mass is 10.1. The largest absolute Gasteiger partial charge is 0.324 e. The number of hydrogen-bond acceptors (Lipinski definition) is 3. The Morgan fingerprint density at radius 2 is 2.20 bits per heavy atom. The maximum absolute atomic E-state index is 11.9. The Kier molecular flexibility index (Phi) is 6.50. The van der Waals surface area contributed by atoms with Gasteiger partial charge in [0, 0.05) is 5.02 Å². The van der Waals surface area contributed by atoms with Gasteiger partial charge in [-0.1, -0.05) is 25.4 Å².